The Morgan fingerprint density at radius 1 is 1.00 bits per heavy atom. The van der Waals surface area contributed by atoms with Gasteiger partial charge in [0.15, 0.2) is 0 Å². The number of hydrogen-bond donors (Lipinski definition) is 1. The zero-order chi connectivity index (χ0) is 18.5. The van der Waals surface area contributed by atoms with E-state index >= 15 is 0 Å². The summed E-state index contributed by atoms with van der Waals surface area (Å²) in [6.07, 6.45) is 0.00988. The van der Waals surface area contributed by atoms with E-state index in [1.807, 2.05) is 42.5 Å². The summed E-state index contributed by atoms with van der Waals surface area (Å²) in [6.45, 7) is 1.73. The minimum Gasteiger partial charge on any atom is -0.497 e. The van der Waals surface area contributed by atoms with Crippen molar-refractivity contribution in [2.75, 3.05) is 7.11 Å². The number of carboxylic acids is 1. The van der Waals surface area contributed by atoms with E-state index in [1.54, 1.807) is 14.0 Å². The summed E-state index contributed by atoms with van der Waals surface area (Å²) in [5, 5.41) is 11.3. The fourth-order valence-corrected chi connectivity index (χ4v) is 3.04. The maximum absolute atomic E-state index is 11.0. The maximum atomic E-state index is 11.0. The van der Waals surface area contributed by atoms with Crippen molar-refractivity contribution in [2.24, 2.45) is 0 Å². The van der Waals surface area contributed by atoms with Crippen molar-refractivity contribution in [1.82, 2.24) is 0 Å². The molecule has 0 fully saturated rings. The summed E-state index contributed by atoms with van der Waals surface area (Å²) in [7, 11) is 1.66. The van der Waals surface area contributed by atoms with E-state index in [0.29, 0.717) is 0 Å². The summed E-state index contributed by atoms with van der Waals surface area (Å²) >= 11 is 0. The predicted molar refractivity (Wildman–Crippen MR) is 104 cm³/mol. The SMILES string of the molecule is CC#CC(CC(=O)O)c1ccc(-c2ccc3ccc(OC)cc3c2)cc1. The van der Waals surface area contributed by atoms with Crippen molar-refractivity contribution >= 4 is 16.7 Å². The van der Waals surface area contributed by atoms with Crippen LogP contribution in [0.3, 0.4) is 0 Å². The third kappa shape index (κ3) is 3.87. The zero-order valence-corrected chi connectivity index (χ0v) is 14.8. The van der Waals surface area contributed by atoms with Gasteiger partial charge in [0.1, 0.15) is 5.75 Å². The van der Waals surface area contributed by atoms with Crippen LogP contribution in [0.4, 0.5) is 0 Å². The first-order valence-electron chi connectivity index (χ1n) is 8.43. The monoisotopic (exact) mass is 344 g/mol. The minimum atomic E-state index is -0.842. The largest absolute Gasteiger partial charge is 0.497 e. The molecule has 3 aromatic carbocycles. The van der Waals surface area contributed by atoms with E-state index in [1.165, 1.54) is 0 Å². The minimum absolute atomic E-state index is 0.00988. The number of rotatable bonds is 5. The van der Waals surface area contributed by atoms with Crippen LogP contribution in [-0.2, 0) is 4.79 Å². The summed E-state index contributed by atoms with van der Waals surface area (Å²) in [5.41, 5.74) is 3.11. The lowest BCUT2D eigenvalue weighted by molar-refractivity contribution is -0.137. The smallest absolute Gasteiger partial charge is 0.304 e. The van der Waals surface area contributed by atoms with Gasteiger partial charge in [0, 0.05) is 0 Å². The molecule has 0 saturated carbocycles. The number of carbonyl (C=O) groups is 1. The van der Waals surface area contributed by atoms with Crippen LogP contribution in [0.1, 0.15) is 24.8 Å². The zero-order valence-electron chi connectivity index (χ0n) is 14.8. The Kier molecular flexibility index (Phi) is 5.24. The molecule has 1 N–H and O–H groups in total. The average Bonchev–Trinajstić information content (AvgIpc) is 2.66. The lowest BCUT2D eigenvalue weighted by Gasteiger charge is -2.10. The Hall–Kier alpha value is -3.25. The molecular formula is C23H20O3. The summed E-state index contributed by atoms with van der Waals surface area (Å²) in [4.78, 5) is 11.0. The molecule has 0 aromatic heterocycles. The number of benzene rings is 3. The first kappa shape index (κ1) is 17.6. The fraction of sp³-hybridized carbons (Fsp3) is 0.174. The molecule has 0 aliphatic carbocycles. The maximum Gasteiger partial charge on any atom is 0.304 e. The number of ether oxygens (including phenoxy) is 1. The van der Waals surface area contributed by atoms with E-state index in [2.05, 4.69) is 30.0 Å². The standard InChI is InChI=1S/C23H20O3/c1-3-4-19(15-23(24)25)16-5-7-17(8-6-16)20-10-9-18-11-12-22(26-2)14-21(18)13-20/h5-14,19H,15H2,1-2H3,(H,24,25). The van der Waals surface area contributed by atoms with Crippen molar-refractivity contribution in [3.8, 4) is 28.7 Å². The van der Waals surface area contributed by atoms with E-state index in [9.17, 15) is 4.79 Å². The highest BCUT2D eigenvalue weighted by atomic mass is 16.5. The Labute approximate surface area is 153 Å². The second kappa shape index (κ2) is 7.76. The molecular weight excluding hydrogens is 324 g/mol. The lowest BCUT2D eigenvalue weighted by Crippen LogP contribution is -2.04. The Morgan fingerprint density at radius 3 is 2.35 bits per heavy atom. The first-order chi connectivity index (χ1) is 12.6. The van der Waals surface area contributed by atoms with Gasteiger partial charge in [-0.15, -0.1) is 5.92 Å². The number of aliphatic carboxylic acids is 1. The van der Waals surface area contributed by atoms with Gasteiger partial charge in [-0.25, -0.2) is 0 Å². The molecule has 26 heavy (non-hydrogen) atoms. The van der Waals surface area contributed by atoms with Gasteiger partial charge in [-0.2, -0.15) is 0 Å². The van der Waals surface area contributed by atoms with Crippen LogP contribution >= 0.6 is 0 Å². The molecule has 1 unspecified atom stereocenters. The van der Waals surface area contributed by atoms with Crippen LogP contribution < -0.4 is 4.74 Å². The second-order valence-electron chi connectivity index (χ2n) is 6.09. The Balaban J connectivity index is 1.93. The number of methoxy groups -OCH3 is 1. The van der Waals surface area contributed by atoms with E-state index < -0.39 is 5.97 Å². The summed E-state index contributed by atoms with van der Waals surface area (Å²) in [6, 6.07) is 20.3. The number of fused-ring (bicyclic) bond motifs is 1. The molecule has 1 atom stereocenters. The van der Waals surface area contributed by atoms with Gasteiger partial charge in [-0.05, 0) is 52.6 Å². The van der Waals surface area contributed by atoms with Gasteiger partial charge in [-0.1, -0.05) is 48.4 Å². The van der Waals surface area contributed by atoms with Crippen molar-refractivity contribution in [3.63, 3.8) is 0 Å². The van der Waals surface area contributed by atoms with Crippen molar-refractivity contribution in [1.29, 1.82) is 0 Å². The van der Waals surface area contributed by atoms with Crippen LogP contribution in [0.15, 0.2) is 60.7 Å². The third-order valence-corrected chi connectivity index (χ3v) is 4.39. The van der Waals surface area contributed by atoms with E-state index in [4.69, 9.17) is 9.84 Å². The van der Waals surface area contributed by atoms with Gasteiger partial charge in [-0.3, -0.25) is 4.79 Å². The van der Waals surface area contributed by atoms with Crippen LogP contribution in [0.25, 0.3) is 21.9 Å². The molecule has 0 spiro atoms. The highest BCUT2D eigenvalue weighted by molar-refractivity contribution is 5.88. The molecule has 0 aliphatic heterocycles. The second-order valence-corrected chi connectivity index (χ2v) is 6.09. The summed E-state index contributed by atoms with van der Waals surface area (Å²) < 4.78 is 5.30. The highest BCUT2D eigenvalue weighted by Gasteiger charge is 2.13. The predicted octanol–water partition coefficient (Wildman–Crippen LogP) is 5.10. The lowest BCUT2D eigenvalue weighted by atomic mass is 9.93. The molecule has 0 saturated heterocycles. The topological polar surface area (TPSA) is 46.5 Å². The Morgan fingerprint density at radius 2 is 1.69 bits per heavy atom. The average molecular weight is 344 g/mol. The molecule has 3 rings (SSSR count). The first-order valence-corrected chi connectivity index (χ1v) is 8.43. The molecule has 3 aromatic rings. The van der Waals surface area contributed by atoms with E-state index in [-0.39, 0.29) is 12.3 Å². The number of carboxylic acid groups (broad SMARTS) is 1. The Bertz CT molecular complexity index is 991. The molecule has 0 amide bonds. The van der Waals surface area contributed by atoms with Crippen molar-refractivity contribution < 1.29 is 14.6 Å². The highest BCUT2D eigenvalue weighted by Crippen LogP contribution is 2.28. The molecule has 3 heteroatoms. The molecule has 0 aliphatic rings. The molecule has 0 heterocycles. The van der Waals surface area contributed by atoms with Gasteiger partial charge in [0.05, 0.1) is 19.4 Å². The molecule has 3 nitrogen and oxygen atoms in total. The van der Waals surface area contributed by atoms with Crippen LogP contribution in [0.5, 0.6) is 5.75 Å². The van der Waals surface area contributed by atoms with Crippen LogP contribution in [0, 0.1) is 11.8 Å². The van der Waals surface area contributed by atoms with Gasteiger partial charge in [0.2, 0.25) is 0 Å². The van der Waals surface area contributed by atoms with Gasteiger partial charge >= 0.3 is 5.97 Å². The quantitative estimate of drug-likeness (QED) is 0.655. The van der Waals surface area contributed by atoms with Gasteiger partial charge < -0.3 is 9.84 Å². The van der Waals surface area contributed by atoms with Crippen molar-refractivity contribution in [2.45, 2.75) is 19.3 Å². The third-order valence-electron chi connectivity index (χ3n) is 4.39. The molecule has 130 valence electrons. The number of hydrogen-bond acceptors (Lipinski definition) is 2. The van der Waals surface area contributed by atoms with Gasteiger partial charge in [0.25, 0.3) is 0 Å². The fourth-order valence-electron chi connectivity index (χ4n) is 3.04. The summed E-state index contributed by atoms with van der Waals surface area (Å²) in [5.74, 6) is 5.51. The van der Waals surface area contributed by atoms with Crippen LogP contribution in [-0.4, -0.2) is 18.2 Å². The van der Waals surface area contributed by atoms with Crippen LogP contribution in [0.2, 0.25) is 0 Å². The molecule has 0 radical (unpaired) electrons. The van der Waals surface area contributed by atoms with Crippen molar-refractivity contribution in [3.05, 3.63) is 66.2 Å². The molecule has 0 bridgehead atoms. The normalized spacial score (nSPS) is 11.5. The van der Waals surface area contributed by atoms with E-state index in [0.717, 1.165) is 33.2 Å².